The van der Waals surface area contributed by atoms with Crippen molar-refractivity contribution < 1.29 is 4.74 Å². The standard InChI is InChI=1S/C12H24N2O/c1-12(2,3)13-10-8-14(9-10)11-4-6-15-7-5-11/h10-11,13H,4-9H2,1-3H3. The molecule has 0 amide bonds. The Kier molecular flexibility index (Phi) is 3.33. The van der Waals surface area contributed by atoms with Gasteiger partial charge in [0.25, 0.3) is 0 Å². The van der Waals surface area contributed by atoms with Crippen molar-refractivity contribution in [3.63, 3.8) is 0 Å². The Morgan fingerprint density at radius 3 is 2.27 bits per heavy atom. The number of nitrogens with zero attached hydrogens (tertiary/aromatic N) is 1. The van der Waals surface area contributed by atoms with Crippen molar-refractivity contribution in [3.8, 4) is 0 Å². The van der Waals surface area contributed by atoms with Crippen molar-refractivity contribution in [1.82, 2.24) is 10.2 Å². The van der Waals surface area contributed by atoms with Crippen molar-refractivity contribution >= 4 is 0 Å². The van der Waals surface area contributed by atoms with Crippen molar-refractivity contribution in [3.05, 3.63) is 0 Å². The van der Waals surface area contributed by atoms with Crippen LogP contribution in [-0.2, 0) is 4.74 Å². The molecule has 0 bridgehead atoms. The maximum absolute atomic E-state index is 5.38. The molecule has 2 heterocycles. The van der Waals surface area contributed by atoms with E-state index in [1.165, 1.54) is 25.9 Å². The van der Waals surface area contributed by atoms with Gasteiger partial charge in [-0.3, -0.25) is 4.90 Å². The van der Waals surface area contributed by atoms with Crippen LogP contribution in [0.4, 0.5) is 0 Å². The molecule has 88 valence electrons. The Balaban J connectivity index is 1.68. The minimum Gasteiger partial charge on any atom is -0.381 e. The van der Waals surface area contributed by atoms with Gasteiger partial charge in [-0.15, -0.1) is 0 Å². The second-order valence-corrected chi connectivity index (χ2v) is 5.89. The normalized spacial score (nSPS) is 26.6. The number of hydrogen-bond donors (Lipinski definition) is 1. The zero-order valence-electron chi connectivity index (χ0n) is 10.3. The van der Waals surface area contributed by atoms with Gasteiger partial charge in [0, 0.05) is 43.9 Å². The highest BCUT2D eigenvalue weighted by atomic mass is 16.5. The maximum Gasteiger partial charge on any atom is 0.0480 e. The van der Waals surface area contributed by atoms with E-state index in [0.717, 1.165) is 19.3 Å². The molecule has 2 aliphatic rings. The molecule has 3 heteroatoms. The molecule has 15 heavy (non-hydrogen) atoms. The highest BCUT2D eigenvalue weighted by molar-refractivity contribution is 4.93. The summed E-state index contributed by atoms with van der Waals surface area (Å²) in [5, 5.41) is 3.65. The predicted molar refractivity (Wildman–Crippen MR) is 62.1 cm³/mol. The highest BCUT2D eigenvalue weighted by Crippen LogP contribution is 2.21. The molecule has 0 unspecified atom stereocenters. The highest BCUT2D eigenvalue weighted by Gasteiger charge is 2.34. The average Bonchev–Trinajstić information content (AvgIpc) is 2.11. The van der Waals surface area contributed by atoms with E-state index in [0.29, 0.717) is 6.04 Å². The number of likely N-dealkylation sites (tertiary alicyclic amines) is 1. The van der Waals surface area contributed by atoms with E-state index < -0.39 is 0 Å². The van der Waals surface area contributed by atoms with Crippen molar-refractivity contribution in [1.29, 1.82) is 0 Å². The molecule has 0 aromatic carbocycles. The molecule has 0 aromatic heterocycles. The Morgan fingerprint density at radius 1 is 1.13 bits per heavy atom. The van der Waals surface area contributed by atoms with Crippen LogP contribution >= 0.6 is 0 Å². The fourth-order valence-corrected chi connectivity index (χ4v) is 2.56. The summed E-state index contributed by atoms with van der Waals surface area (Å²) in [4.78, 5) is 2.60. The van der Waals surface area contributed by atoms with Gasteiger partial charge in [0.15, 0.2) is 0 Å². The zero-order valence-corrected chi connectivity index (χ0v) is 10.3. The van der Waals surface area contributed by atoms with Crippen LogP contribution in [0.2, 0.25) is 0 Å². The largest absolute Gasteiger partial charge is 0.381 e. The zero-order chi connectivity index (χ0) is 10.9. The monoisotopic (exact) mass is 212 g/mol. The molecule has 1 N–H and O–H groups in total. The van der Waals surface area contributed by atoms with Gasteiger partial charge in [0.2, 0.25) is 0 Å². The van der Waals surface area contributed by atoms with Crippen molar-refractivity contribution in [2.24, 2.45) is 0 Å². The summed E-state index contributed by atoms with van der Waals surface area (Å²) in [5.41, 5.74) is 0.256. The fraction of sp³-hybridized carbons (Fsp3) is 1.00. The van der Waals surface area contributed by atoms with Crippen LogP contribution in [0.3, 0.4) is 0 Å². The van der Waals surface area contributed by atoms with E-state index in [4.69, 9.17) is 4.74 Å². The van der Waals surface area contributed by atoms with Crippen LogP contribution in [0.1, 0.15) is 33.6 Å². The molecule has 0 radical (unpaired) electrons. The van der Waals surface area contributed by atoms with Gasteiger partial charge >= 0.3 is 0 Å². The second-order valence-electron chi connectivity index (χ2n) is 5.89. The van der Waals surface area contributed by atoms with Crippen LogP contribution in [0.5, 0.6) is 0 Å². The molecule has 0 aliphatic carbocycles. The van der Waals surface area contributed by atoms with Crippen LogP contribution in [0, 0.1) is 0 Å². The molecular weight excluding hydrogens is 188 g/mol. The van der Waals surface area contributed by atoms with E-state index in [1.54, 1.807) is 0 Å². The summed E-state index contributed by atoms with van der Waals surface area (Å²) in [6, 6.07) is 1.49. The van der Waals surface area contributed by atoms with E-state index >= 15 is 0 Å². The number of ether oxygens (including phenoxy) is 1. The summed E-state index contributed by atoms with van der Waals surface area (Å²) < 4.78 is 5.38. The lowest BCUT2D eigenvalue weighted by Crippen LogP contribution is -2.64. The Hall–Kier alpha value is -0.120. The first-order chi connectivity index (χ1) is 7.04. The average molecular weight is 212 g/mol. The molecule has 0 spiro atoms. The number of hydrogen-bond acceptors (Lipinski definition) is 3. The van der Waals surface area contributed by atoms with Gasteiger partial charge in [0.1, 0.15) is 0 Å². The minimum atomic E-state index is 0.256. The second kappa shape index (κ2) is 4.40. The lowest BCUT2D eigenvalue weighted by Gasteiger charge is -2.47. The minimum absolute atomic E-state index is 0.256. The summed E-state index contributed by atoms with van der Waals surface area (Å²) >= 11 is 0. The lowest BCUT2D eigenvalue weighted by atomic mass is 9.97. The quantitative estimate of drug-likeness (QED) is 0.745. The Morgan fingerprint density at radius 2 is 1.73 bits per heavy atom. The molecule has 2 aliphatic heterocycles. The Bertz CT molecular complexity index is 200. The third-order valence-electron chi connectivity index (χ3n) is 3.25. The van der Waals surface area contributed by atoms with E-state index in [-0.39, 0.29) is 5.54 Å². The maximum atomic E-state index is 5.38. The first-order valence-electron chi connectivity index (χ1n) is 6.14. The number of nitrogens with one attached hydrogen (secondary N) is 1. The molecular formula is C12H24N2O. The van der Waals surface area contributed by atoms with Crippen LogP contribution in [0.15, 0.2) is 0 Å². The molecule has 0 atom stereocenters. The van der Waals surface area contributed by atoms with Gasteiger partial charge in [-0.05, 0) is 33.6 Å². The van der Waals surface area contributed by atoms with Crippen LogP contribution in [-0.4, -0.2) is 48.8 Å². The predicted octanol–water partition coefficient (Wildman–Crippen LogP) is 1.24. The fourth-order valence-electron chi connectivity index (χ4n) is 2.56. The van der Waals surface area contributed by atoms with Gasteiger partial charge in [-0.1, -0.05) is 0 Å². The van der Waals surface area contributed by atoms with Gasteiger partial charge in [0.05, 0.1) is 0 Å². The van der Waals surface area contributed by atoms with Crippen molar-refractivity contribution in [2.45, 2.75) is 51.2 Å². The van der Waals surface area contributed by atoms with Crippen LogP contribution < -0.4 is 5.32 Å². The van der Waals surface area contributed by atoms with Gasteiger partial charge in [-0.2, -0.15) is 0 Å². The summed E-state index contributed by atoms with van der Waals surface area (Å²) in [5.74, 6) is 0. The van der Waals surface area contributed by atoms with E-state index in [2.05, 4.69) is 31.0 Å². The van der Waals surface area contributed by atoms with Crippen LogP contribution in [0.25, 0.3) is 0 Å². The molecule has 2 saturated heterocycles. The third-order valence-corrected chi connectivity index (χ3v) is 3.25. The molecule has 2 rings (SSSR count). The number of rotatable bonds is 2. The summed E-state index contributed by atoms with van der Waals surface area (Å²) in [7, 11) is 0. The van der Waals surface area contributed by atoms with Gasteiger partial charge in [-0.25, -0.2) is 0 Å². The Labute approximate surface area is 93.2 Å². The molecule has 2 fully saturated rings. The topological polar surface area (TPSA) is 24.5 Å². The third kappa shape index (κ3) is 3.16. The summed E-state index contributed by atoms with van der Waals surface area (Å²) in [6.45, 7) is 11.1. The molecule has 3 nitrogen and oxygen atoms in total. The van der Waals surface area contributed by atoms with Gasteiger partial charge < -0.3 is 10.1 Å². The molecule has 0 saturated carbocycles. The lowest BCUT2D eigenvalue weighted by molar-refractivity contribution is -0.00780. The van der Waals surface area contributed by atoms with E-state index in [9.17, 15) is 0 Å². The van der Waals surface area contributed by atoms with E-state index in [1.807, 2.05) is 0 Å². The SMILES string of the molecule is CC(C)(C)NC1CN(C2CCOCC2)C1. The molecule has 0 aromatic rings. The first kappa shape index (κ1) is 11.4. The van der Waals surface area contributed by atoms with Crippen molar-refractivity contribution in [2.75, 3.05) is 26.3 Å². The smallest absolute Gasteiger partial charge is 0.0480 e. The first-order valence-corrected chi connectivity index (χ1v) is 6.14. The summed E-state index contributed by atoms with van der Waals surface area (Å²) in [6.07, 6.45) is 2.45.